The topological polar surface area (TPSA) is 30.5 Å². The molecule has 1 aliphatic carbocycles. The number of methoxy groups -OCH3 is 2. The zero-order chi connectivity index (χ0) is 13.5. The van der Waals surface area contributed by atoms with Crippen LogP contribution in [-0.4, -0.2) is 32.9 Å². The van der Waals surface area contributed by atoms with Crippen LogP contribution in [0.15, 0.2) is 24.3 Å². The highest BCUT2D eigenvalue weighted by Crippen LogP contribution is 2.20. The lowest BCUT2D eigenvalue weighted by Crippen LogP contribution is -2.43. The summed E-state index contributed by atoms with van der Waals surface area (Å²) in [5.74, 6) is 0.920. The molecule has 0 bridgehead atoms. The Bertz CT molecular complexity index is 364. The van der Waals surface area contributed by atoms with Crippen molar-refractivity contribution in [1.29, 1.82) is 0 Å². The van der Waals surface area contributed by atoms with Gasteiger partial charge >= 0.3 is 0 Å². The van der Waals surface area contributed by atoms with Gasteiger partial charge in [-0.1, -0.05) is 25.0 Å². The minimum atomic E-state index is 0.393. The minimum Gasteiger partial charge on any atom is -0.497 e. The smallest absolute Gasteiger partial charge is 0.118 e. The molecular formula is C16H25NO2. The summed E-state index contributed by atoms with van der Waals surface area (Å²) in [6.07, 6.45) is 6.49. The van der Waals surface area contributed by atoms with E-state index >= 15 is 0 Å². The van der Waals surface area contributed by atoms with Gasteiger partial charge in [0.2, 0.25) is 0 Å². The van der Waals surface area contributed by atoms with Gasteiger partial charge in [0.1, 0.15) is 5.75 Å². The first-order valence-electron chi connectivity index (χ1n) is 7.22. The van der Waals surface area contributed by atoms with Crippen molar-refractivity contribution in [2.45, 2.75) is 44.2 Å². The molecule has 0 unspecified atom stereocenters. The second kappa shape index (κ2) is 7.51. The van der Waals surface area contributed by atoms with Crippen molar-refractivity contribution in [3.05, 3.63) is 29.8 Å². The maximum Gasteiger partial charge on any atom is 0.118 e. The summed E-state index contributed by atoms with van der Waals surface area (Å²) in [4.78, 5) is 0. The highest BCUT2D eigenvalue weighted by atomic mass is 16.5. The van der Waals surface area contributed by atoms with E-state index in [-0.39, 0.29) is 0 Å². The number of hydrogen-bond donors (Lipinski definition) is 1. The molecule has 0 aromatic heterocycles. The van der Waals surface area contributed by atoms with E-state index in [0.717, 1.165) is 18.7 Å². The molecule has 1 saturated carbocycles. The summed E-state index contributed by atoms with van der Waals surface area (Å²) in [7, 11) is 3.53. The summed E-state index contributed by atoms with van der Waals surface area (Å²) >= 11 is 0. The summed E-state index contributed by atoms with van der Waals surface area (Å²) in [5, 5.41) is 3.64. The second-order valence-electron chi connectivity index (χ2n) is 5.22. The van der Waals surface area contributed by atoms with E-state index in [4.69, 9.17) is 9.47 Å². The van der Waals surface area contributed by atoms with Gasteiger partial charge in [0.05, 0.1) is 13.2 Å². The van der Waals surface area contributed by atoms with E-state index in [1.807, 2.05) is 19.2 Å². The molecule has 1 fully saturated rings. The fourth-order valence-electron chi connectivity index (χ4n) is 2.81. The lowest BCUT2D eigenvalue weighted by Gasteiger charge is -2.31. The first-order valence-corrected chi connectivity index (χ1v) is 7.22. The van der Waals surface area contributed by atoms with Gasteiger partial charge in [0.25, 0.3) is 0 Å². The van der Waals surface area contributed by atoms with E-state index < -0.39 is 0 Å². The second-order valence-corrected chi connectivity index (χ2v) is 5.22. The third-order valence-corrected chi connectivity index (χ3v) is 3.98. The van der Waals surface area contributed by atoms with E-state index in [0.29, 0.717) is 12.1 Å². The predicted molar refractivity (Wildman–Crippen MR) is 77.8 cm³/mol. The Labute approximate surface area is 116 Å². The third kappa shape index (κ3) is 4.22. The zero-order valence-corrected chi connectivity index (χ0v) is 12.0. The van der Waals surface area contributed by atoms with Gasteiger partial charge < -0.3 is 14.8 Å². The summed E-state index contributed by atoms with van der Waals surface area (Å²) in [6, 6.07) is 8.84. The van der Waals surface area contributed by atoms with Gasteiger partial charge in [-0.25, -0.2) is 0 Å². The normalized spacial score (nSPS) is 23.3. The molecule has 1 aliphatic rings. The van der Waals surface area contributed by atoms with Crippen LogP contribution in [0.4, 0.5) is 0 Å². The Balaban J connectivity index is 1.75. The van der Waals surface area contributed by atoms with Gasteiger partial charge in [0, 0.05) is 13.2 Å². The third-order valence-electron chi connectivity index (χ3n) is 3.98. The molecule has 0 saturated heterocycles. The molecule has 3 heteroatoms. The van der Waals surface area contributed by atoms with E-state index in [2.05, 4.69) is 17.4 Å². The average molecular weight is 263 g/mol. The highest BCUT2D eigenvalue weighted by Gasteiger charge is 2.23. The molecule has 0 aliphatic heterocycles. The molecule has 1 aromatic carbocycles. The van der Waals surface area contributed by atoms with Crippen LogP contribution in [0, 0.1) is 0 Å². The van der Waals surface area contributed by atoms with Gasteiger partial charge in [-0.3, -0.25) is 0 Å². The van der Waals surface area contributed by atoms with Crippen LogP contribution in [0.3, 0.4) is 0 Å². The van der Waals surface area contributed by atoms with E-state index in [1.54, 1.807) is 7.11 Å². The van der Waals surface area contributed by atoms with Crippen LogP contribution in [0.5, 0.6) is 5.75 Å². The summed E-state index contributed by atoms with van der Waals surface area (Å²) in [5.41, 5.74) is 1.35. The quantitative estimate of drug-likeness (QED) is 0.856. The number of nitrogens with one attached hydrogen (secondary N) is 1. The molecule has 0 spiro atoms. The van der Waals surface area contributed by atoms with Crippen LogP contribution in [0.25, 0.3) is 0 Å². The number of ether oxygens (including phenoxy) is 2. The van der Waals surface area contributed by atoms with Crippen molar-refractivity contribution in [3.8, 4) is 5.75 Å². The van der Waals surface area contributed by atoms with Gasteiger partial charge in [-0.05, 0) is 43.5 Å². The van der Waals surface area contributed by atoms with Gasteiger partial charge in [-0.15, -0.1) is 0 Å². The van der Waals surface area contributed by atoms with Crippen molar-refractivity contribution in [2.24, 2.45) is 0 Å². The Morgan fingerprint density at radius 2 is 1.84 bits per heavy atom. The molecule has 1 N–H and O–H groups in total. The van der Waals surface area contributed by atoms with Crippen molar-refractivity contribution in [2.75, 3.05) is 20.8 Å². The van der Waals surface area contributed by atoms with Gasteiger partial charge in [0.15, 0.2) is 0 Å². The van der Waals surface area contributed by atoms with Crippen LogP contribution >= 0.6 is 0 Å². The number of hydrogen-bond acceptors (Lipinski definition) is 3. The Morgan fingerprint density at radius 1 is 1.11 bits per heavy atom. The lowest BCUT2D eigenvalue weighted by molar-refractivity contribution is 0.0421. The zero-order valence-electron chi connectivity index (χ0n) is 12.0. The van der Waals surface area contributed by atoms with Crippen molar-refractivity contribution >= 4 is 0 Å². The Kier molecular flexibility index (Phi) is 5.67. The van der Waals surface area contributed by atoms with Crippen molar-refractivity contribution < 1.29 is 9.47 Å². The first-order chi connectivity index (χ1) is 9.33. The molecule has 0 radical (unpaired) electrons. The monoisotopic (exact) mass is 263 g/mol. The molecule has 0 heterocycles. The van der Waals surface area contributed by atoms with Gasteiger partial charge in [-0.2, -0.15) is 0 Å². The molecule has 0 amide bonds. The largest absolute Gasteiger partial charge is 0.497 e. The van der Waals surface area contributed by atoms with Crippen LogP contribution in [-0.2, 0) is 11.2 Å². The average Bonchev–Trinajstić information content (AvgIpc) is 2.48. The maximum absolute atomic E-state index is 5.56. The summed E-state index contributed by atoms with van der Waals surface area (Å²) in [6.45, 7) is 1.01. The van der Waals surface area contributed by atoms with Crippen LogP contribution in [0.2, 0.25) is 0 Å². The van der Waals surface area contributed by atoms with E-state index in [9.17, 15) is 0 Å². The number of rotatable bonds is 6. The fourth-order valence-corrected chi connectivity index (χ4v) is 2.81. The predicted octanol–water partition coefficient (Wildman–Crippen LogP) is 2.78. The minimum absolute atomic E-state index is 0.393. The molecule has 2 atom stereocenters. The molecule has 2 rings (SSSR count). The number of benzene rings is 1. The van der Waals surface area contributed by atoms with E-state index in [1.165, 1.54) is 31.2 Å². The lowest BCUT2D eigenvalue weighted by atomic mass is 9.92. The standard InChI is InChI=1S/C16H25NO2/c1-18-14-9-7-13(8-10-14)11-12-17-15-5-3-4-6-16(15)19-2/h7-10,15-17H,3-6,11-12H2,1-2H3/t15-,16-/m1/s1. The molecule has 3 nitrogen and oxygen atoms in total. The van der Waals surface area contributed by atoms with Crippen molar-refractivity contribution in [1.82, 2.24) is 5.32 Å². The van der Waals surface area contributed by atoms with Crippen molar-refractivity contribution in [3.63, 3.8) is 0 Å². The Hall–Kier alpha value is -1.06. The van der Waals surface area contributed by atoms with Crippen LogP contribution < -0.4 is 10.1 Å². The van der Waals surface area contributed by atoms with Crippen LogP contribution in [0.1, 0.15) is 31.2 Å². The summed E-state index contributed by atoms with van der Waals surface area (Å²) < 4.78 is 10.7. The SMILES string of the molecule is COc1ccc(CCN[C@@H]2CCCC[C@H]2OC)cc1. The first kappa shape index (κ1) is 14.4. The fraction of sp³-hybridized carbons (Fsp3) is 0.625. The molecule has 106 valence electrons. The molecule has 1 aromatic rings. The Morgan fingerprint density at radius 3 is 2.53 bits per heavy atom. The molecule has 19 heavy (non-hydrogen) atoms. The maximum atomic E-state index is 5.56. The molecular weight excluding hydrogens is 238 g/mol. The highest BCUT2D eigenvalue weighted by molar-refractivity contribution is 5.27.